The molecule has 2 fully saturated rings. The number of benzene rings is 1. The summed E-state index contributed by atoms with van der Waals surface area (Å²) in [5, 5.41) is 9.82. The maximum Gasteiger partial charge on any atom is 0.319 e. The number of hydrogen-bond donors (Lipinski definition) is 0. The second-order valence-corrected chi connectivity index (χ2v) is 7.93. The van der Waals surface area contributed by atoms with E-state index in [9.17, 15) is 4.79 Å². The molecule has 2 aliphatic rings. The lowest BCUT2D eigenvalue weighted by Crippen LogP contribution is -2.22. The Balaban J connectivity index is 1.74. The van der Waals surface area contributed by atoms with Gasteiger partial charge in [-0.25, -0.2) is 0 Å². The summed E-state index contributed by atoms with van der Waals surface area (Å²) in [6.07, 6.45) is 2.91. The Morgan fingerprint density at radius 3 is 2.68 bits per heavy atom. The minimum absolute atomic E-state index is 0.0558. The maximum atomic E-state index is 12.0. The van der Waals surface area contributed by atoms with Crippen molar-refractivity contribution in [2.75, 3.05) is 18.0 Å². The van der Waals surface area contributed by atoms with Crippen LogP contribution in [0.5, 0.6) is 0 Å². The molecule has 3 heterocycles. The summed E-state index contributed by atoms with van der Waals surface area (Å²) in [6, 6.07) is 7.64. The molecule has 2 aromatic rings. The Hall–Kier alpha value is -1.73. The van der Waals surface area contributed by atoms with Crippen LogP contribution >= 0.6 is 23.4 Å². The number of cyclic esters (lactones) is 1. The van der Waals surface area contributed by atoms with E-state index in [4.69, 9.17) is 16.3 Å². The molecule has 0 bridgehead atoms. The molecule has 2 aliphatic heterocycles. The van der Waals surface area contributed by atoms with E-state index in [1.807, 2.05) is 35.8 Å². The van der Waals surface area contributed by atoms with Crippen LogP contribution in [-0.4, -0.2) is 45.2 Å². The molecule has 0 spiro atoms. The molecule has 25 heavy (non-hydrogen) atoms. The fourth-order valence-electron chi connectivity index (χ4n) is 3.25. The first-order valence-electron chi connectivity index (χ1n) is 8.46. The molecule has 132 valence electrons. The number of ether oxygens (including phenoxy) is 1. The van der Waals surface area contributed by atoms with Gasteiger partial charge in [0.25, 0.3) is 0 Å². The minimum atomic E-state index is -0.258. The number of carbonyl (C=O) groups is 1. The molecule has 2 atom stereocenters. The summed E-state index contributed by atoms with van der Waals surface area (Å²) in [7, 11) is 0. The Kier molecular flexibility index (Phi) is 4.60. The zero-order chi connectivity index (χ0) is 17.4. The number of anilines is 1. The highest BCUT2D eigenvalue weighted by atomic mass is 35.5. The van der Waals surface area contributed by atoms with Crippen LogP contribution in [0.25, 0.3) is 5.69 Å². The third-order valence-electron chi connectivity index (χ3n) is 4.47. The zero-order valence-corrected chi connectivity index (χ0v) is 15.5. The number of nitrogens with zero attached hydrogens (tertiary/aromatic N) is 4. The predicted octanol–water partition coefficient (Wildman–Crippen LogP) is 3.32. The van der Waals surface area contributed by atoms with E-state index in [2.05, 4.69) is 15.1 Å². The lowest BCUT2D eigenvalue weighted by molar-refractivity contribution is -0.140. The second kappa shape index (κ2) is 6.88. The molecule has 0 amide bonds. The average molecular weight is 379 g/mol. The molecule has 1 aromatic heterocycles. The van der Waals surface area contributed by atoms with Crippen molar-refractivity contribution in [3.8, 4) is 5.69 Å². The van der Waals surface area contributed by atoms with E-state index in [-0.39, 0.29) is 17.3 Å². The van der Waals surface area contributed by atoms with E-state index in [0.29, 0.717) is 16.6 Å². The topological polar surface area (TPSA) is 60.2 Å². The van der Waals surface area contributed by atoms with Gasteiger partial charge in [0, 0.05) is 19.5 Å². The number of halogens is 1. The van der Waals surface area contributed by atoms with Crippen LogP contribution in [0, 0.1) is 0 Å². The summed E-state index contributed by atoms with van der Waals surface area (Å²) in [6.45, 7) is 3.82. The highest BCUT2D eigenvalue weighted by Crippen LogP contribution is 2.36. The van der Waals surface area contributed by atoms with Crippen molar-refractivity contribution < 1.29 is 9.53 Å². The van der Waals surface area contributed by atoms with E-state index in [0.717, 1.165) is 37.6 Å². The normalized spacial score (nSPS) is 23.3. The van der Waals surface area contributed by atoms with Crippen LogP contribution in [0.3, 0.4) is 0 Å². The fraction of sp³-hybridized carbons (Fsp3) is 0.471. The number of esters is 1. The van der Waals surface area contributed by atoms with Crippen LogP contribution in [0.1, 0.15) is 26.2 Å². The van der Waals surface area contributed by atoms with Crippen LogP contribution in [0.2, 0.25) is 5.02 Å². The quantitative estimate of drug-likeness (QED) is 0.760. The summed E-state index contributed by atoms with van der Waals surface area (Å²) in [5.74, 6) is 0.599. The van der Waals surface area contributed by atoms with Gasteiger partial charge in [-0.05, 0) is 31.9 Å². The Labute approximate surface area is 155 Å². The molecule has 4 rings (SSSR count). The molecular weight excluding hydrogens is 360 g/mol. The van der Waals surface area contributed by atoms with Gasteiger partial charge in [-0.15, -0.1) is 10.2 Å². The summed E-state index contributed by atoms with van der Waals surface area (Å²) in [4.78, 5) is 14.2. The van der Waals surface area contributed by atoms with E-state index in [1.54, 1.807) is 0 Å². The summed E-state index contributed by atoms with van der Waals surface area (Å²) < 4.78 is 7.24. The lowest BCUT2D eigenvalue weighted by atomic mass is 10.3. The van der Waals surface area contributed by atoms with E-state index >= 15 is 0 Å². The second-order valence-electron chi connectivity index (χ2n) is 6.35. The first-order valence-corrected chi connectivity index (χ1v) is 9.71. The lowest BCUT2D eigenvalue weighted by Gasteiger charge is -2.19. The molecule has 2 saturated heterocycles. The van der Waals surface area contributed by atoms with Gasteiger partial charge < -0.3 is 9.64 Å². The first kappa shape index (κ1) is 16.7. The zero-order valence-electron chi connectivity index (χ0n) is 13.9. The van der Waals surface area contributed by atoms with Crippen LogP contribution < -0.4 is 4.90 Å². The van der Waals surface area contributed by atoms with Gasteiger partial charge in [0.2, 0.25) is 5.95 Å². The predicted molar refractivity (Wildman–Crippen MR) is 97.6 cm³/mol. The van der Waals surface area contributed by atoms with Crippen molar-refractivity contribution in [2.24, 2.45) is 0 Å². The van der Waals surface area contributed by atoms with Gasteiger partial charge in [0.05, 0.1) is 10.7 Å². The minimum Gasteiger partial charge on any atom is -0.462 e. The number of para-hydroxylation sites is 1. The molecule has 6 nitrogen and oxygen atoms in total. The van der Waals surface area contributed by atoms with Gasteiger partial charge in [0.15, 0.2) is 5.16 Å². The molecule has 1 aromatic carbocycles. The fourth-order valence-corrected chi connectivity index (χ4v) is 4.61. The highest BCUT2D eigenvalue weighted by Gasteiger charge is 2.35. The van der Waals surface area contributed by atoms with Crippen molar-refractivity contribution in [1.82, 2.24) is 14.8 Å². The molecular formula is C17H19ClN4O2S. The largest absolute Gasteiger partial charge is 0.462 e. The molecule has 0 N–H and O–H groups in total. The monoisotopic (exact) mass is 378 g/mol. The highest BCUT2D eigenvalue weighted by molar-refractivity contribution is 8.00. The van der Waals surface area contributed by atoms with E-state index < -0.39 is 0 Å². The SMILES string of the molecule is C[C@@H]1C[C@H](Sc2nnc(N3CCCC3)n2-c2ccccc2Cl)C(=O)O1. The Bertz CT molecular complexity index is 791. The average Bonchev–Trinajstić information content (AvgIpc) is 3.29. The molecule has 0 saturated carbocycles. The van der Waals surface area contributed by atoms with Crippen molar-refractivity contribution in [2.45, 2.75) is 42.7 Å². The standard InChI is InChI=1S/C17H19ClN4O2S/c1-11-10-14(15(23)24-11)25-17-20-19-16(21-8-4-5-9-21)22(17)13-7-3-2-6-12(13)18/h2-3,6-7,11,14H,4-5,8-10H2,1H3/t11-,14+/m1/s1. The number of aromatic nitrogens is 3. The van der Waals surface area contributed by atoms with Crippen LogP contribution in [0.15, 0.2) is 29.4 Å². The summed E-state index contributed by atoms with van der Waals surface area (Å²) in [5.41, 5.74) is 0.831. The third-order valence-corrected chi connectivity index (χ3v) is 5.94. The third kappa shape index (κ3) is 3.22. The van der Waals surface area contributed by atoms with Gasteiger partial charge in [-0.3, -0.25) is 9.36 Å². The Morgan fingerprint density at radius 1 is 1.24 bits per heavy atom. The number of thioether (sulfide) groups is 1. The molecule has 8 heteroatoms. The Morgan fingerprint density at radius 2 is 2.00 bits per heavy atom. The molecule has 0 radical (unpaired) electrons. The van der Waals surface area contributed by atoms with Crippen LogP contribution in [-0.2, 0) is 9.53 Å². The van der Waals surface area contributed by atoms with Crippen molar-refractivity contribution >= 4 is 35.3 Å². The van der Waals surface area contributed by atoms with Gasteiger partial charge in [0.1, 0.15) is 11.4 Å². The molecule has 0 unspecified atom stereocenters. The van der Waals surface area contributed by atoms with E-state index in [1.165, 1.54) is 11.8 Å². The number of hydrogen-bond acceptors (Lipinski definition) is 6. The maximum absolute atomic E-state index is 12.0. The van der Waals surface area contributed by atoms with Crippen molar-refractivity contribution in [3.05, 3.63) is 29.3 Å². The van der Waals surface area contributed by atoms with Gasteiger partial charge in [-0.1, -0.05) is 35.5 Å². The van der Waals surface area contributed by atoms with Gasteiger partial charge in [-0.2, -0.15) is 0 Å². The summed E-state index contributed by atoms with van der Waals surface area (Å²) >= 11 is 7.84. The first-order chi connectivity index (χ1) is 12.1. The van der Waals surface area contributed by atoms with Crippen molar-refractivity contribution in [1.29, 1.82) is 0 Å². The number of rotatable bonds is 4. The smallest absolute Gasteiger partial charge is 0.319 e. The molecule has 0 aliphatic carbocycles. The van der Waals surface area contributed by atoms with Crippen molar-refractivity contribution in [3.63, 3.8) is 0 Å². The number of carbonyl (C=O) groups excluding carboxylic acids is 1. The van der Waals surface area contributed by atoms with Crippen LogP contribution in [0.4, 0.5) is 5.95 Å². The van der Waals surface area contributed by atoms with Gasteiger partial charge >= 0.3 is 5.97 Å².